The quantitative estimate of drug-likeness (QED) is 0.0894. The fourth-order valence-electron chi connectivity index (χ4n) is 8.24. The van der Waals surface area contributed by atoms with Crippen LogP contribution >= 0.6 is 22.7 Å². The molecule has 10 rings (SSSR count). The first-order valence-electron chi connectivity index (χ1n) is 18.7. The Hall–Kier alpha value is -6.38. The van der Waals surface area contributed by atoms with Crippen molar-refractivity contribution in [2.75, 3.05) is 9.80 Å². The third-order valence-corrected chi connectivity index (χ3v) is 13.5. The van der Waals surface area contributed by atoms with Gasteiger partial charge in [-0.05, 0) is 59.7 Å². The summed E-state index contributed by atoms with van der Waals surface area (Å²) in [6.45, 7) is -0.426. The number of anilines is 5. The minimum Gasteiger partial charge on any atom is -0.331 e. The molecule has 0 aliphatic heterocycles. The largest absolute Gasteiger partial charge is 0.331 e. The molecule has 0 fully saturated rings. The lowest BCUT2D eigenvalue weighted by Crippen LogP contribution is -2.22. The van der Waals surface area contributed by atoms with E-state index in [4.69, 9.17) is 0 Å². The average molecular weight is 871 g/mol. The molecule has 61 heavy (non-hydrogen) atoms. The Morgan fingerprint density at radius 1 is 0.443 bits per heavy atom. The molecule has 2 heterocycles. The molecule has 7 aromatic carbocycles. The molecule has 0 N–H and O–H groups in total. The van der Waals surface area contributed by atoms with E-state index in [1.165, 1.54) is 65.1 Å². The number of benzene rings is 7. The molecule has 304 valence electrons. The van der Waals surface area contributed by atoms with Crippen LogP contribution < -0.4 is 9.80 Å². The van der Waals surface area contributed by atoms with Gasteiger partial charge in [0, 0.05) is 48.1 Å². The number of thiophene rings is 2. The van der Waals surface area contributed by atoms with Crippen molar-refractivity contribution >= 4 is 98.2 Å². The van der Waals surface area contributed by atoms with Crippen LogP contribution in [0.25, 0.3) is 47.1 Å². The number of rotatable bonds is 7. The number of allylic oxidation sites excluding steroid dienone is 1. The number of nitrogens with zero attached hydrogens (tertiary/aromatic N) is 2. The van der Waals surface area contributed by atoms with Gasteiger partial charge in [-0.15, -0.1) is 22.7 Å². The molecule has 0 amide bonds. The van der Waals surface area contributed by atoms with Crippen LogP contribution in [0.2, 0.25) is 0 Å². The highest BCUT2D eigenvalue weighted by Gasteiger charge is 2.34. The topological polar surface area (TPSA) is 6.48 Å². The molecule has 0 saturated heterocycles. The molecule has 0 spiro atoms. The van der Waals surface area contributed by atoms with E-state index in [-0.39, 0.29) is 27.8 Å². The maximum absolute atomic E-state index is 16.2. The molecule has 1 aliphatic rings. The number of halogens is 10. The van der Waals surface area contributed by atoms with Gasteiger partial charge >= 0.3 is 0 Å². The van der Waals surface area contributed by atoms with Crippen LogP contribution in [0.3, 0.4) is 0 Å². The van der Waals surface area contributed by atoms with Crippen molar-refractivity contribution in [2.45, 2.75) is 19.4 Å². The summed E-state index contributed by atoms with van der Waals surface area (Å²) in [4.78, 5) is 2.81. The highest BCUT2D eigenvalue weighted by Crippen LogP contribution is 2.50. The van der Waals surface area contributed by atoms with E-state index in [1.54, 1.807) is 36.4 Å². The second-order valence-electron chi connectivity index (χ2n) is 14.3. The highest BCUT2D eigenvalue weighted by molar-refractivity contribution is 7.26. The third-order valence-electron chi connectivity index (χ3n) is 11.0. The van der Waals surface area contributed by atoms with E-state index in [1.807, 2.05) is 30.4 Å². The molecule has 0 bridgehead atoms. The summed E-state index contributed by atoms with van der Waals surface area (Å²) in [5.74, 6) is -21.9. The van der Waals surface area contributed by atoms with Gasteiger partial charge in [0.15, 0.2) is 46.5 Å². The fraction of sp³-hybridized carbons (Fsp3) is 0.0638. The van der Waals surface area contributed by atoms with Crippen molar-refractivity contribution in [1.82, 2.24) is 0 Å². The molecule has 0 atom stereocenters. The molecule has 2 nitrogen and oxygen atoms in total. The maximum atomic E-state index is 16.2. The Morgan fingerprint density at radius 3 is 1.66 bits per heavy atom. The summed E-state index contributed by atoms with van der Waals surface area (Å²) in [6.07, 6.45) is 5.51. The van der Waals surface area contributed by atoms with Gasteiger partial charge in [-0.3, -0.25) is 0 Å². The zero-order chi connectivity index (χ0) is 42.4. The van der Waals surface area contributed by atoms with E-state index in [0.717, 1.165) is 53.3 Å². The minimum absolute atomic E-state index is 0.0267. The van der Waals surface area contributed by atoms with Gasteiger partial charge in [0.1, 0.15) is 11.4 Å². The maximum Gasteiger partial charge on any atom is 0.200 e. The Balaban J connectivity index is 1.26. The van der Waals surface area contributed by atoms with Crippen LogP contribution in [-0.4, -0.2) is 0 Å². The Bertz CT molecular complexity index is 3280. The van der Waals surface area contributed by atoms with Gasteiger partial charge in [0.2, 0.25) is 11.6 Å². The summed E-state index contributed by atoms with van der Waals surface area (Å²) < 4.78 is 156. The normalized spacial score (nSPS) is 12.6. The van der Waals surface area contributed by atoms with Gasteiger partial charge in [0.05, 0.1) is 16.1 Å². The molecule has 0 radical (unpaired) electrons. The van der Waals surface area contributed by atoms with Crippen LogP contribution in [-0.2, 0) is 13.0 Å². The number of hydrogen-bond donors (Lipinski definition) is 0. The van der Waals surface area contributed by atoms with Crippen LogP contribution in [0, 0.1) is 58.2 Å². The average Bonchev–Trinajstić information content (AvgIpc) is 3.87. The second kappa shape index (κ2) is 14.7. The summed E-state index contributed by atoms with van der Waals surface area (Å²) in [7, 11) is 0. The van der Waals surface area contributed by atoms with E-state index in [9.17, 15) is 8.78 Å². The van der Waals surface area contributed by atoms with Crippen LogP contribution in [0.15, 0.2) is 103 Å². The number of fused-ring (bicyclic) bond motifs is 7. The Kier molecular flexibility index (Phi) is 9.33. The van der Waals surface area contributed by atoms with Crippen LogP contribution in [0.1, 0.15) is 22.4 Å². The lowest BCUT2D eigenvalue weighted by molar-refractivity contribution is 0.379. The van der Waals surface area contributed by atoms with Crippen molar-refractivity contribution in [1.29, 1.82) is 0 Å². The lowest BCUT2D eigenvalue weighted by atomic mass is 9.99. The Morgan fingerprint density at radius 2 is 0.967 bits per heavy atom. The van der Waals surface area contributed by atoms with Crippen molar-refractivity contribution in [3.8, 4) is 0 Å². The smallest absolute Gasteiger partial charge is 0.200 e. The first-order valence-corrected chi connectivity index (χ1v) is 20.3. The molecule has 0 saturated carbocycles. The molecular formula is C47H24F10N2S2. The van der Waals surface area contributed by atoms with Gasteiger partial charge < -0.3 is 9.80 Å². The number of hydrogen-bond acceptors (Lipinski definition) is 4. The molecular weight excluding hydrogens is 847 g/mol. The highest BCUT2D eigenvalue weighted by atomic mass is 32.1. The van der Waals surface area contributed by atoms with E-state index in [0.29, 0.717) is 15.6 Å². The second-order valence-corrected chi connectivity index (χ2v) is 16.4. The van der Waals surface area contributed by atoms with Crippen molar-refractivity contribution in [2.24, 2.45) is 0 Å². The van der Waals surface area contributed by atoms with Crippen molar-refractivity contribution < 1.29 is 43.9 Å². The summed E-state index contributed by atoms with van der Waals surface area (Å²) in [5, 5.41) is 2.38. The van der Waals surface area contributed by atoms with Crippen molar-refractivity contribution in [3.63, 3.8) is 0 Å². The van der Waals surface area contributed by atoms with Crippen LogP contribution in [0.5, 0.6) is 0 Å². The van der Waals surface area contributed by atoms with E-state index < -0.39 is 76.1 Å². The third kappa shape index (κ3) is 5.90. The molecule has 9 aromatic rings. The predicted octanol–water partition coefficient (Wildman–Crippen LogP) is 15.6. The summed E-state index contributed by atoms with van der Waals surface area (Å²) in [6, 6.07) is 25.7. The minimum atomic E-state index is -2.37. The summed E-state index contributed by atoms with van der Waals surface area (Å²) in [5.41, 5.74) is -1.23. The SMILES string of the molecule is Fc1c(F)c(F)c(N(Cc2cccc3c4c(sc23)C=CCC4)c2cccc3c(N(c4c(F)c(F)c(F)c(F)c4F)c4cccc5c4sc4ccccc45)cccc23)c(F)c1F. The number of aryl methyl sites for hydroxylation is 1. The standard InChI is InChI=1S/C47H24F10N2S2/c48-34-36(50)40(54)44(41(55)37(34)51)58(21-22-9-5-14-27-25-10-1-3-19-32(25)60-46(22)27)29-16-6-13-24-23(29)12-7-17-30(24)59(45-42(56)38(52)35(49)39(53)43(45)57)31-18-8-15-28-26-11-2-4-20-33(26)61-47(28)31/h2-9,11-20H,1,10,21H2. The zero-order valence-corrected chi connectivity index (χ0v) is 32.6. The first-order chi connectivity index (χ1) is 29.5. The van der Waals surface area contributed by atoms with Crippen molar-refractivity contribution in [3.05, 3.63) is 177 Å². The zero-order valence-electron chi connectivity index (χ0n) is 31.0. The molecule has 14 heteroatoms. The van der Waals surface area contributed by atoms with Gasteiger partial charge in [-0.25, -0.2) is 43.9 Å². The van der Waals surface area contributed by atoms with Gasteiger partial charge in [0.25, 0.3) is 0 Å². The van der Waals surface area contributed by atoms with Gasteiger partial charge in [-0.1, -0.05) is 78.9 Å². The van der Waals surface area contributed by atoms with E-state index >= 15 is 35.1 Å². The van der Waals surface area contributed by atoms with E-state index in [2.05, 4.69) is 0 Å². The Labute approximate surface area is 347 Å². The monoisotopic (exact) mass is 870 g/mol. The summed E-state index contributed by atoms with van der Waals surface area (Å²) >= 11 is 2.63. The first kappa shape index (κ1) is 38.8. The predicted molar refractivity (Wildman–Crippen MR) is 223 cm³/mol. The molecule has 2 aromatic heterocycles. The lowest BCUT2D eigenvalue weighted by Gasteiger charge is -2.30. The fourth-order valence-corrected chi connectivity index (χ4v) is 10.7. The van der Waals surface area contributed by atoms with Crippen LogP contribution in [0.4, 0.5) is 72.3 Å². The van der Waals surface area contributed by atoms with Gasteiger partial charge in [-0.2, -0.15) is 0 Å². The molecule has 0 unspecified atom stereocenters. The molecule has 1 aliphatic carbocycles.